The summed E-state index contributed by atoms with van der Waals surface area (Å²) < 4.78 is 0. The Labute approximate surface area is 282 Å². The average Bonchev–Trinajstić information content (AvgIpc) is 3.71. The van der Waals surface area contributed by atoms with Crippen molar-refractivity contribution in [3.63, 3.8) is 0 Å². The SMILES string of the molecule is CC(C)C1=CC2C(=C(C(C)C)C(C(C)(C)C3=C(c4ccccc4)C4C=C(C(C)C)C(=S)C4=C3C(C)C)=C2c2ccccc2)C1=S. The zero-order chi connectivity index (χ0) is 32.5. The van der Waals surface area contributed by atoms with Gasteiger partial charge in [0.15, 0.2) is 0 Å². The van der Waals surface area contributed by atoms with E-state index in [0.29, 0.717) is 23.7 Å². The second kappa shape index (κ2) is 11.7. The molecule has 45 heavy (non-hydrogen) atoms. The van der Waals surface area contributed by atoms with Gasteiger partial charge >= 0.3 is 0 Å². The lowest BCUT2D eigenvalue weighted by Gasteiger charge is -2.37. The van der Waals surface area contributed by atoms with Crippen molar-refractivity contribution < 1.29 is 0 Å². The third-order valence-corrected chi connectivity index (χ3v) is 11.3. The second-order valence-corrected chi connectivity index (χ2v) is 15.9. The Bertz CT molecular complexity index is 1640. The van der Waals surface area contributed by atoms with Gasteiger partial charge in [-0.3, -0.25) is 0 Å². The Balaban J connectivity index is 1.73. The number of fused-ring (bicyclic) bond motifs is 2. The molecule has 2 aromatic carbocycles. The maximum atomic E-state index is 6.35. The van der Waals surface area contributed by atoms with E-state index in [0.717, 1.165) is 9.73 Å². The molecule has 232 valence electrons. The highest BCUT2D eigenvalue weighted by molar-refractivity contribution is 7.81. The fourth-order valence-corrected chi connectivity index (χ4v) is 9.72. The van der Waals surface area contributed by atoms with E-state index in [2.05, 4.69) is 142 Å². The summed E-state index contributed by atoms with van der Waals surface area (Å²) in [4.78, 5) is 2.15. The quantitative estimate of drug-likeness (QED) is 0.267. The van der Waals surface area contributed by atoms with Crippen LogP contribution in [0.4, 0.5) is 0 Å². The molecule has 0 aromatic heterocycles. The molecule has 0 radical (unpaired) electrons. The molecule has 0 saturated carbocycles. The molecule has 2 unspecified atom stereocenters. The summed E-state index contributed by atoms with van der Waals surface area (Å²) in [5, 5.41) is 0. The van der Waals surface area contributed by atoms with Gasteiger partial charge in [0.2, 0.25) is 0 Å². The Kier molecular flexibility index (Phi) is 8.32. The first-order chi connectivity index (χ1) is 21.3. The fourth-order valence-electron chi connectivity index (χ4n) is 8.64. The third-order valence-electron chi connectivity index (χ3n) is 10.4. The van der Waals surface area contributed by atoms with Gasteiger partial charge in [0.1, 0.15) is 0 Å². The first-order valence-electron chi connectivity index (χ1n) is 16.9. The highest BCUT2D eigenvalue weighted by Gasteiger charge is 2.51. The molecule has 0 saturated heterocycles. The number of thiocarbonyl (C=S) groups is 2. The summed E-state index contributed by atoms with van der Waals surface area (Å²) in [6.07, 6.45) is 5.00. The van der Waals surface area contributed by atoms with E-state index >= 15 is 0 Å². The maximum Gasteiger partial charge on any atom is 0.0453 e. The molecule has 0 fully saturated rings. The number of rotatable bonds is 8. The first kappa shape index (κ1) is 32.0. The van der Waals surface area contributed by atoms with E-state index in [1.165, 1.54) is 66.9 Å². The molecular weight excluding hydrogens is 581 g/mol. The van der Waals surface area contributed by atoms with Crippen LogP contribution in [0.15, 0.2) is 117 Å². The molecule has 0 heterocycles. The molecule has 0 N–H and O–H groups in total. The lowest BCUT2D eigenvalue weighted by Crippen LogP contribution is -2.25. The van der Waals surface area contributed by atoms with E-state index in [4.69, 9.17) is 24.4 Å². The van der Waals surface area contributed by atoms with Gasteiger partial charge in [-0.25, -0.2) is 0 Å². The largest absolute Gasteiger partial charge is 0.0795 e. The summed E-state index contributed by atoms with van der Waals surface area (Å²) in [5.41, 5.74) is 16.4. The number of allylic oxidation sites excluding steroid dienone is 12. The number of hydrogen-bond donors (Lipinski definition) is 0. The summed E-state index contributed by atoms with van der Waals surface area (Å²) in [5.74, 6) is 1.85. The van der Waals surface area contributed by atoms with Gasteiger partial charge in [-0.1, -0.05) is 166 Å². The van der Waals surface area contributed by atoms with E-state index in [-0.39, 0.29) is 17.3 Å². The van der Waals surface area contributed by atoms with Crippen LogP contribution in [0.2, 0.25) is 0 Å². The van der Waals surface area contributed by atoms with E-state index in [1.807, 2.05) is 0 Å². The van der Waals surface area contributed by atoms with Crippen molar-refractivity contribution in [1.29, 1.82) is 0 Å². The van der Waals surface area contributed by atoms with Crippen molar-refractivity contribution in [3.8, 4) is 0 Å². The van der Waals surface area contributed by atoms with Crippen molar-refractivity contribution in [2.24, 2.45) is 40.9 Å². The topological polar surface area (TPSA) is 0 Å². The van der Waals surface area contributed by atoms with Gasteiger partial charge in [-0.15, -0.1) is 0 Å². The average molecular weight is 629 g/mol. The highest BCUT2D eigenvalue weighted by atomic mass is 32.1. The minimum atomic E-state index is -0.298. The molecular formula is C43H48S2. The van der Waals surface area contributed by atoms with Crippen LogP contribution < -0.4 is 0 Å². The zero-order valence-corrected chi connectivity index (χ0v) is 30.3. The zero-order valence-electron chi connectivity index (χ0n) is 28.7. The molecule has 0 bridgehead atoms. The van der Waals surface area contributed by atoms with Gasteiger partial charge in [0, 0.05) is 27.0 Å². The van der Waals surface area contributed by atoms with Gasteiger partial charge in [0.05, 0.1) is 0 Å². The van der Waals surface area contributed by atoms with Crippen LogP contribution in [0, 0.1) is 40.9 Å². The minimum absolute atomic E-state index is 0.189. The van der Waals surface area contributed by atoms with Gasteiger partial charge in [-0.05, 0) is 90.5 Å². The summed E-state index contributed by atoms with van der Waals surface area (Å²) in [7, 11) is 0. The molecule has 4 aliphatic carbocycles. The highest BCUT2D eigenvalue weighted by Crippen LogP contribution is 2.63. The van der Waals surface area contributed by atoms with Crippen LogP contribution in [0.25, 0.3) is 11.1 Å². The lowest BCUT2D eigenvalue weighted by atomic mass is 9.66. The van der Waals surface area contributed by atoms with Gasteiger partial charge < -0.3 is 0 Å². The standard InChI is InChI=1S/C43H48S2/c1-23(2)29-21-31-35(27-17-13-11-14-18-27)39(33(25(5)6)37(31)41(29)44)43(9,10)40-34(26(7)8)38-32(22-30(24(3)4)42(38)45)36(40)28-19-15-12-16-20-28/h11-26,31-32H,1-10H3. The predicted molar refractivity (Wildman–Crippen MR) is 202 cm³/mol. The molecule has 0 spiro atoms. The summed E-state index contributed by atoms with van der Waals surface area (Å²) in [6, 6.07) is 22.2. The summed E-state index contributed by atoms with van der Waals surface area (Å²) >= 11 is 12.7. The Morgan fingerprint density at radius 3 is 1.11 bits per heavy atom. The van der Waals surface area contributed by atoms with Gasteiger partial charge in [-0.2, -0.15) is 0 Å². The van der Waals surface area contributed by atoms with E-state index in [1.54, 1.807) is 0 Å². The van der Waals surface area contributed by atoms with Crippen LogP contribution in [0.1, 0.15) is 80.4 Å². The maximum absolute atomic E-state index is 6.35. The van der Waals surface area contributed by atoms with Crippen molar-refractivity contribution in [2.75, 3.05) is 0 Å². The summed E-state index contributed by atoms with van der Waals surface area (Å²) in [6.45, 7) is 23.6. The Morgan fingerprint density at radius 1 is 0.489 bits per heavy atom. The molecule has 0 aliphatic heterocycles. The molecule has 0 amide bonds. The van der Waals surface area contributed by atoms with Crippen LogP contribution in [0.5, 0.6) is 0 Å². The number of benzene rings is 2. The minimum Gasteiger partial charge on any atom is -0.0795 e. The molecule has 2 atom stereocenters. The van der Waals surface area contributed by atoms with Gasteiger partial charge in [0.25, 0.3) is 0 Å². The molecule has 0 nitrogen and oxygen atoms in total. The normalized spacial score (nSPS) is 21.9. The van der Waals surface area contributed by atoms with E-state index in [9.17, 15) is 0 Å². The third kappa shape index (κ3) is 4.90. The van der Waals surface area contributed by atoms with Crippen LogP contribution in [-0.2, 0) is 0 Å². The van der Waals surface area contributed by atoms with E-state index < -0.39 is 0 Å². The second-order valence-electron chi connectivity index (χ2n) is 15.1. The van der Waals surface area contributed by atoms with Crippen molar-refractivity contribution in [2.45, 2.75) is 69.2 Å². The van der Waals surface area contributed by atoms with Crippen LogP contribution >= 0.6 is 24.4 Å². The predicted octanol–water partition coefficient (Wildman–Crippen LogP) is 12.0. The monoisotopic (exact) mass is 628 g/mol. The fraction of sp³-hybridized carbons (Fsp3) is 0.395. The Morgan fingerprint density at radius 2 is 0.822 bits per heavy atom. The van der Waals surface area contributed by atoms with Crippen LogP contribution in [-0.4, -0.2) is 9.73 Å². The smallest absolute Gasteiger partial charge is 0.0453 e. The first-order valence-corrected chi connectivity index (χ1v) is 17.7. The Hall–Kier alpha value is -2.94. The molecule has 2 aromatic rings. The van der Waals surface area contributed by atoms with Crippen molar-refractivity contribution in [3.05, 3.63) is 129 Å². The molecule has 2 heteroatoms. The number of hydrogen-bond acceptors (Lipinski definition) is 2. The molecule has 6 rings (SSSR count). The molecule has 4 aliphatic rings. The lowest BCUT2D eigenvalue weighted by molar-refractivity contribution is 0.529. The van der Waals surface area contributed by atoms with Crippen molar-refractivity contribution in [1.82, 2.24) is 0 Å². The van der Waals surface area contributed by atoms with Crippen molar-refractivity contribution >= 4 is 45.3 Å². The van der Waals surface area contributed by atoms with Crippen LogP contribution in [0.3, 0.4) is 0 Å².